The summed E-state index contributed by atoms with van der Waals surface area (Å²) in [6.45, 7) is 1.47. The van der Waals surface area contributed by atoms with E-state index in [0.29, 0.717) is 25.9 Å². The highest BCUT2D eigenvalue weighted by Crippen LogP contribution is 2.23. The van der Waals surface area contributed by atoms with Crippen molar-refractivity contribution in [1.29, 1.82) is 0 Å². The zero-order valence-corrected chi connectivity index (χ0v) is 13.1. The first-order chi connectivity index (χ1) is 10.9. The normalized spacial score (nSPS) is 16.0. The highest BCUT2D eigenvalue weighted by Gasteiger charge is 2.25. The smallest absolute Gasteiger partial charge is 0.283 e. The number of nitro benzene ring substituents is 1. The molecule has 8 nitrogen and oxygen atoms in total. The first kappa shape index (κ1) is 17.2. The molecule has 0 bridgehead atoms. The minimum Gasteiger partial charge on any atom is -0.369 e. The molecule has 2 rings (SSSR count). The van der Waals surface area contributed by atoms with Gasteiger partial charge in [0.25, 0.3) is 11.6 Å². The zero-order chi connectivity index (χ0) is 17.0. The van der Waals surface area contributed by atoms with Crippen molar-refractivity contribution in [3.63, 3.8) is 0 Å². The second-order valence-electron chi connectivity index (χ2n) is 5.41. The molecule has 1 saturated heterocycles. The molecule has 124 valence electrons. The average molecular weight is 341 g/mol. The number of amides is 2. The summed E-state index contributed by atoms with van der Waals surface area (Å²) >= 11 is 5.74. The topological polar surface area (TPSA) is 119 Å². The first-order valence-corrected chi connectivity index (χ1v) is 7.50. The van der Waals surface area contributed by atoms with E-state index in [1.54, 1.807) is 0 Å². The summed E-state index contributed by atoms with van der Waals surface area (Å²) in [7, 11) is 0. The van der Waals surface area contributed by atoms with E-state index in [-0.39, 0.29) is 34.8 Å². The van der Waals surface area contributed by atoms with Crippen LogP contribution in [0.2, 0.25) is 5.02 Å². The lowest BCUT2D eigenvalue weighted by Crippen LogP contribution is -2.46. The van der Waals surface area contributed by atoms with Gasteiger partial charge in [0.2, 0.25) is 5.91 Å². The van der Waals surface area contributed by atoms with Crippen molar-refractivity contribution < 1.29 is 14.5 Å². The third kappa shape index (κ3) is 4.64. The van der Waals surface area contributed by atoms with Crippen molar-refractivity contribution in [2.45, 2.75) is 18.9 Å². The van der Waals surface area contributed by atoms with E-state index in [2.05, 4.69) is 5.32 Å². The van der Waals surface area contributed by atoms with Crippen LogP contribution in [0.25, 0.3) is 0 Å². The van der Waals surface area contributed by atoms with Gasteiger partial charge in [0.05, 0.1) is 11.5 Å². The van der Waals surface area contributed by atoms with Gasteiger partial charge < -0.3 is 11.1 Å². The largest absolute Gasteiger partial charge is 0.369 e. The van der Waals surface area contributed by atoms with Crippen LogP contribution in [0, 0.1) is 10.1 Å². The number of carbonyl (C=O) groups is 2. The number of halogens is 1. The molecule has 0 aliphatic carbocycles. The maximum absolute atomic E-state index is 12.3. The lowest BCUT2D eigenvalue weighted by atomic mass is 10.0. The number of benzene rings is 1. The van der Waals surface area contributed by atoms with Crippen LogP contribution in [-0.4, -0.2) is 47.3 Å². The van der Waals surface area contributed by atoms with Crippen LogP contribution < -0.4 is 11.1 Å². The number of nitro groups is 1. The van der Waals surface area contributed by atoms with Crippen LogP contribution in [-0.2, 0) is 4.79 Å². The van der Waals surface area contributed by atoms with Gasteiger partial charge in [0.15, 0.2) is 0 Å². The summed E-state index contributed by atoms with van der Waals surface area (Å²) in [4.78, 5) is 35.5. The average Bonchev–Trinajstić information content (AvgIpc) is 2.48. The van der Waals surface area contributed by atoms with Crippen LogP contribution in [0.4, 0.5) is 5.69 Å². The van der Waals surface area contributed by atoms with Crippen molar-refractivity contribution in [2.24, 2.45) is 5.73 Å². The number of carbonyl (C=O) groups excluding carboxylic acids is 2. The molecule has 1 aliphatic heterocycles. The summed E-state index contributed by atoms with van der Waals surface area (Å²) in [6, 6.07) is 3.85. The monoisotopic (exact) mass is 340 g/mol. The van der Waals surface area contributed by atoms with Gasteiger partial charge in [-0.05, 0) is 25.0 Å². The van der Waals surface area contributed by atoms with E-state index in [0.717, 1.165) is 6.07 Å². The summed E-state index contributed by atoms with van der Waals surface area (Å²) in [5.41, 5.74) is 4.81. The lowest BCUT2D eigenvalue weighted by molar-refractivity contribution is -0.385. The summed E-state index contributed by atoms with van der Waals surface area (Å²) in [5.74, 6) is -0.883. The summed E-state index contributed by atoms with van der Waals surface area (Å²) < 4.78 is 0. The van der Waals surface area contributed by atoms with Crippen molar-refractivity contribution in [3.8, 4) is 0 Å². The van der Waals surface area contributed by atoms with Gasteiger partial charge in [-0.3, -0.25) is 24.6 Å². The Kier molecular flexibility index (Phi) is 5.51. The fraction of sp³-hybridized carbons (Fsp3) is 0.429. The standard InChI is InChI=1S/C14H17ClN4O4/c15-9-1-2-11(12(7-9)19(22)23)14(21)17-10-3-5-18(6-4-10)8-13(16)20/h1-2,7,10H,3-6,8H2,(H2,16,20)(H,17,21). The molecule has 1 aromatic carbocycles. The number of primary amides is 1. The fourth-order valence-electron chi connectivity index (χ4n) is 2.57. The van der Waals surface area contributed by atoms with E-state index < -0.39 is 10.8 Å². The Balaban J connectivity index is 1.98. The van der Waals surface area contributed by atoms with Crippen LogP contribution in [0.5, 0.6) is 0 Å². The molecule has 0 radical (unpaired) electrons. The number of nitrogens with zero attached hydrogens (tertiary/aromatic N) is 2. The molecule has 1 aromatic rings. The molecule has 3 N–H and O–H groups in total. The molecule has 0 aromatic heterocycles. The zero-order valence-electron chi connectivity index (χ0n) is 12.3. The first-order valence-electron chi connectivity index (χ1n) is 7.12. The van der Waals surface area contributed by atoms with Crippen LogP contribution in [0.1, 0.15) is 23.2 Å². The van der Waals surface area contributed by atoms with E-state index >= 15 is 0 Å². The number of nitrogens with one attached hydrogen (secondary N) is 1. The summed E-state index contributed by atoms with van der Waals surface area (Å²) in [5, 5.41) is 14.0. The van der Waals surface area contributed by atoms with Gasteiger partial charge in [-0.15, -0.1) is 0 Å². The number of rotatable bonds is 5. The second kappa shape index (κ2) is 7.38. The van der Waals surface area contributed by atoms with Crippen molar-refractivity contribution in [2.75, 3.05) is 19.6 Å². The minimum absolute atomic E-state index is 0.0148. The number of hydrogen-bond donors (Lipinski definition) is 2. The summed E-state index contributed by atoms with van der Waals surface area (Å²) in [6.07, 6.45) is 1.31. The van der Waals surface area contributed by atoms with Gasteiger partial charge >= 0.3 is 0 Å². The van der Waals surface area contributed by atoms with Crippen molar-refractivity contribution in [3.05, 3.63) is 38.9 Å². The molecule has 1 aliphatic rings. The molecule has 9 heteroatoms. The molecular formula is C14H17ClN4O4. The Morgan fingerprint density at radius 1 is 1.39 bits per heavy atom. The maximum atomic E-state index is 12.3. The Morgan fingerprint density at radius 2 is 2.04 bits per heavy atom. The van der Waals surface area contributed by atoms with Crippen molar-refractivity contribution >= 4 is 29.1 Å². The molecular weight excluding hydrogens is 324 g/mol. The van der Waals surface area contributed by atoms with Gasteiger partial charge in [0.1, 0.15) is 5.56 Å². The van der Waals surface area contributed by atoms with Crippen LogP contribution in [0.3, 0.4) is 0 Å². The molecule has 23 heavy (non-hydrogen) atoms. The Morgan fingerprint density at radius 3 is 2.61 bits per heavy atom. The minimum atomic E-state index is -0.629. The third-order valence-electron chi connectivity index (χ3n) is 3.70. The van der Waals surface area contributed by atoms with E-state index in [4.69, 9.17) is 17.3 Å². The highest BCUT2D eigenvalue weighted by atomic mass is 35.5. The van der Waals surface area contributed by atoms with Gasteiger partial charge in [-0.1, -0.05) is 11.6 Å². The number of nitrogens with two attached hydrogens (primary N) is 1. The molecule has 0 saturated carbocycles. The quantitative estimate of drug-likeness (QED) is 0.610. The molecule has 2 amide bonds. The number of piperidine rings is 1. The lowest BCUT2D eigenvalue weighted by Gasteiger charge is -2.31. The number of hydrogen-bond acceptors (Lipinski definition) is 5. The SMILES string of the molecule is NC(=O)CN1CCC(NC(=O)c2ccc(Cl)cc2[N+](=O)[O-])CC1. The van der Waals surface area contributed by atoms with Crippen molar-refractivity contribution in [1.82, 2.24) is 10.2 Å². The van der Waals surface area contributed by atoms with Gasteiger partial charge in [0, 0.05) is 30.2 Å². The second-order valence-corrected chi connectivity index (χ2v) is 5.85. The Bertz CT molecular complexity index is 629. The van der Waals surface area contributed by atoms with E-state index in [1.807, 2.05) is 4.90 Å². The predicted molar refractivity (Wildman–Crippen MR) is 84.2 cm³/mol. The molecule has 1 heterocycles. The molecule has 1 fully saturated rings. The van der Waals surface area contributed by atoms with Gasteiger partial charge in [-0.25, -0.2) is 0 Å². The number of likely N-dealkylation sites (tertiary alicyclic amines) is 1. The Hall–Kier alpha value is -2.19. The van der Waals surface area contributed by atoms with Crippen LogP contribution >= 0.6 is 11.6 Å². The van der Waals surface area contributed by atoms with Gasteiger partial charge in [-0.2, -0.15) is 0 Å². The Labute approximate surface area is 137 Å². The predicted octanol–water partition coefficient (Wildman–Crippen LogP) is 0.928. The molecule has 0 atom stereocenters. The highest BCUT2D eigenvalue weighted by molar-refractivity contribution is 6.31. The van der Waals surface area contributed by atoms with Crippen LogP contribution in [0.15, 0.2) is 18.2 Å². The van der Waals surface area contributed by atoms with E-state index in [1.165, 1.54) is 12.1 Å². The molecule has 0 spiro atoms. The molecule has 0 unspecified atom stereocenters. The maximum Gasteiger partial charge on any atom is 0.283 e. The third-order valence-corrected chi connectivity index (χ3v) is 3.94. The van der Waals surface area contributed by atoms with E-state index in [9.17, 15) is 19.7 Å². The fourth-order valence-corrected chi connectivity index (χ4v) is 2.73.